The molecule has 1 amide bonds. The van der Waals surface area contributed by atoms with Crippen molar-refractivity contribution in [3.63, 3.8) is 0 Å². The Balaban J connectivity index is 2.44. The standard InChI is InChI=1S/C16H17N3O3/c1-10-8-11(2)19(16(21)14(10)15(17)20)18-9-12-4-6-13(22-3)7-5-12/h4-9H,1-3H3,(H2,17,20)/b18-9-. The highest BCUT2D eigenvalue weighted by molar-refractivity contribution is 5.93. The fourth-order valence-corrected chi connectivity index (χ4v) is 2.14. The number of ether oxygens (including phenoxy) is 1. The number of methoxy groups -OCH3 is 1. The van der Waals surface area contributed by atoms with E-state index in [2.05, 4.69) is 5.10 Å². The van der Waals surface area contributed by atoms with Crippen molar-refractivity contribution in [3.05, 3.63) is 63.1 Å². The molecular weight excluding hydrogens is 282 g/mol. The van der Waals surface area contributed by atoms with Crippen molar-refractivity contribution < 1.29 is 9.53 Å². The molecule has 0 aliphatic rings. The van der Waals surface area contributed by atoms with Gasteiger partial charge in [0.1, 0.15) is 11.3 Å². The highest BCUT2D eigenvalue weighted by atomic mass is 16.5. The summed E-state index contributed by atoms with van der Waals surface area (Å²) >= 11 is 0. The molecule has 114 valence electrons. The number of aromatic nitrogens is 1. The lowest BCUT2D eigenvalue weighted by Crippen LogP contribution is -2.30. The lowest BCUT2D eigenvalue weighted by Gasteiger charge is -2.08. The monoisotopic (exact) mass is 299 g/mol. The summed E-state index contributed by atoms with van der Waals surface area (Å²) < 4.78 is 6.24. The van der Waals surface area contributed by atoms with Crippen LogP contribution in [0.4, 0.5) is 0 Å². The number of aryl methyl sites for hydroxylation is 2. The number of benzene rings is 1. The molecule has 0 aliphatic heterocycles. The quantitative estimate of drug-likeness (QED) is 0.867. The third-order valence-corrected chi connectivity index (χ3v) is 3.24. The van der Waals surface area contributed by atoms with E-state index in [9.17, 15) is 9.59 Å². The Morgan fingerprint density at radius 3 is 2.45 bits per heavy atom. The SMILES string of the molecule is COc1ccc(/C=N\n2c(C)cc(C)c(C(N)=O)c2=O)cc1. The van der Waals surface area contributed by atoms with Crippen molar-refractivity contribution in [2.24, 2.45) is 10.8 Å². The van der Waals surface area contributed by atoms with Crippen LogP contribution in [-0.4, -0.2) is 23.9 Å². The number of amides is 1. The summed E-state index contributed by atoms with van der Waals surface area (Å²) in [4.78, 5) is 23.7. The highest BCUT2D eigenvalue weighted by Gasteiger charge is 2.14. The molecule has 0 saturated carbocycles. The number of hydrogen-bond acceptors (Lipinski definition) is 4. The van der Waals surface area contributed by atoms with E-state index in [0.717, 1.165) is 16.0 Å². The van der Waals surface area contributed by atoms with Crippen LogP contribution >= 0.6 is 0 Å². The number of rotatable bonds is 4. The number of carbonyl (C=O) groups is 1. The highest BCUT2D eigenvalue weighted by Crippen LogP contribution is 2.10. The average molecular weight is 299 g/mol. The molecule has 6 nitrogen and oxygen atoms in total. The molecule has 0 saturated heterocycles. The summed E-state index contributed by atoms with van der Waals surface area (Å²) in [6.07, 6.45) is 1.54. The molecule has 22 heavy (non-hydrogen) atoms. The van der Waals surface area contributed by atoms with E-state index >= 15 is 0 Å². The second kappa shape index (κ2) is 6.26. The van der Waals surface area contributed by atoms with E-state index in [-0.39, 0.29) is 5.56 Å². The summed E-state index contributed by atoms with van der Waals surface area (Å²) in [6, 6.07) is 8.91. The average Bonchev–Trinajstić information content (AvgIpc) is 2.46. The molecule has 0 unspecified atom stereocenters. The van der Waals surface area contributed by atoms with Crippen LogP contribution in [0.15, 0.2) is 40.2 Å². The summed E-state index contributed by atoms with van der Waals surface area (Å²) in [5.74, 6) is -0.0206. The van der Waals surface area contributed by atoms with Crippen LogP contribution in [0.2, 0.25) is 0 Å². The van der Waals surface area contributed by atoms with E-state index in [1.54, 1.807) is 39.2 Å². The number of primary amides is 1. The maximum Gasteiger partial charge on any atom is 0.284 e. The van der Waals surface area contributed by atoms with Crippen molar-refractivity contribution >= 4 is 12.1 Å². The van der Waals surface area contributed by atoms with Gasteiger partial charge in [-0.15, -0.1) is 0 Å². The van der Waals surface area contributed by atoms with E-state index in [0.29, 0.717) is 11.3 Å². The summed E-state index contributed by atoms with van der Waals surface area (Å²) in [6.45, 7) is 3.41. The fraction of sp³-hybridized carbons (Fsp3) is 0.188. The van der Waals surface area contributed by atoms with Crippen LogP contribution in [0.3, 0.4) is 0 Å². The Hall–Kier alpha value is -2.89. The largest absolute Gasteiger partial charge is 0.497 e. The molecule has 0 radical (unpaired) electrons. The predicted octanol–water partition coefficient (Wildman–Crippen LogP) is 1.45. The minimum atomic E-state index is -0.754. The van der Waals surface area contributed by atoms with E-state index < -0.39 is 11.5 Å². The van der Waals surface area contributed by atoms with E-state index in [1.807, 2.05) is 12.1 Å². The normalized spacial score (nSPS) is 10.9. The number of nitrogens with two attached hydrogens (primary N) is 1. The van der Waals surface area contributed by atoms with Gasteiger partial charge in [0.2, 0.25) is 0 Å². The zero-order valence-corrected chi connectivity index (χ0v) is 12.7. The third kappa shape index (κ3) is 3.06. The van der Waals surface area contributed by atoms with Crippen molar-refractivity contribution in [3.8, 4) is 5.75 Å². The fourth-order valence-electron chi connectivity index (χ4n) is 2.14. The first-order valence-corrected chi connectivity index (χ1v) is 6.65. The summed E-state index contributed by atoms with van der Waals surface area (Å²) in [5.41, 5.74) is 6.66. The number of carbonyl (C=O) groups excluding carboxylic acids is 1. The van der Waals surface area contributed by atoms with Crippen molar-refractivity contribution in [1.82, 2.24) is 4.68 Å². The molecule has 0 aliphatic carbocycles. The lowest BCUT2D eigenvalue weighted by molar-refractivity contribution is 0.0997. The number of hydrogen-bond donors (Lipinski definition) is 1. The Bertz CT molecular complexity index is 790. The Labute approximate surface area is 127 Å². The van der Waals surface area contributed by atoms with Crippen LogP contribution < -0.4 is 16.0 Å². The minimum absolute atomic E-state index is 0.0440. The molecule has 6 heteroatoms. The zero-order chi connectivity index (χ0) is 16.3. The van der Waals surface area contributed by atoms with Gasteiger partial charge in [0.05, 0.1) is 13.3 Å². The van der Waals surface area contributed by atoms with Crippen LogP contribution in [0, 0.1) is 13.8 Å². The maximum absolute atomic E-state index is 12.3. The number of pyridine rings is 1. The zero-order valence-electron chi connectivity index (χ0n) is 12.7. The van der Waals surface area contributed by atoms with Gasteiger partial charge in [0, 0.05) is 5.69 Å². The van der Waals surface area contributed by atoms with Crippen LogP contribution in [-0.2, 0) is 0 Å². The first kappa shape index (κ1) is 15.5. The van der Waals surface area contributed by atoms with Gasteiger partial charge in [-0.2, -0.15) is 5.10 Å². The molecule has 2 N–H and O–H groups in total. The van der Waals surface area contributed by atoms with Crippen LogP contribution in [0.5, 0.6) is 5.75 Å². The van der Waals surface area contributed by atoms with Gasteiger partial charge in [-0.3, -0.25) is 9.59 Å². The smallest absolute Gasteiger partial charge is 0.284 e. The molecule has 1 aromatic heterocycles. The Morgan fingerprint density at radius 1 is 1.27 bits per heavy atom. The minimum Gasteiger partial charge on any atom is -0.497 e. The molecule has 0 atom stereocenters. The first-order valence-electron chi connectivity index (χ1n) is 6.65. The molecular formula is C16H17N3O3. The lowest BCUT2D eigenvalue weighted by atomic mass is 10.1. The van der Waals surface area contributed by atoms with Gasteiger partial charge >= 0.3 is 0 Å². The molecule has 0 fully saturated rings. The molecule has 0 spiro atoms. The maximum atomic E-state index is 12.3. The molecule has 1 aromatic carbocycles. The molecule has 2 aromatic rings. The topological polar surface area (TPSA) is 86.7 Å². The van der Waals surface area contributed by atoms with Crippen molar-refractivity contribution in [1.29, 1.82) is 0 Å². The second-order valence-electron chi connectivity index (χ2n) is 4.84. The first-order chi connectivity index (χ1) is 10.4. The predicted molar refractivity (Wildman–Crippen MR) is 84.7 cm³/mol. The van der Waals surface area contributed by atoms with Gasteiger partial charge in [-0.25, -0.2) is 4.68 Å². The van der Waals surface area contributed by atoms with E-state index in [1.165, 1.54) is 6.21 Å². The molecule has 2 rings (SSSR count). The van der Waals surface area contributed by atoms with Crippen molar-refractivity contribution in [2.45, 2.75) is 13.8 Å². The van der Waals surface area contributed by atoms with Gasteiger partial charge in [0.25, 0.3) is 11.5 Å². The molecule has 1 heterocycles. The second-order valence-corrected chi connectivity index (χ2v) is 4.84. The summed E-state index contributed by atoms with van der Waals surface area (Å²) in [7, 11) is 1.59. The third-order valence-electron chi connectivity index (χ3n) is 3.24. The van der Waals surface area contributed by atoms with Crippen LogP contribution in [0.25, 0.3) is 0 Å². The van der Waals surface area contributed by atoms with Crippen molar-refractivity contribution in [2.75, 3.05) is 7.11 Å². The van der Waals surface area contributed by atoms with Gasteiger partial charge in [-0.05, 0) is 55.3 Å². The van der Waals surface area contributed by atoms with Gasteiger partial charge < -0.3 is 10.5 Å². The Morgan fingerprint density at radius 2 is 1.91 bits per heavy atom. The van der Waals surface area contributed by atoms with Gasteiger partial charge in [0.15, 0.2) is 0 Å². The molecule has 0 bridgehead atoms. The van der Waals surface area contributed by atoms with Gasteiger partial charge in [-0.1, -0.05) is 0 Å². The number of nitrogens with zero attached hydrogens (tertiary/aromatic N) is 2. The van der Waals surface area contributed by atoms with E-state index in [4.69, 9.17) is 10.5 Å². The Kier molecular flexibility index (Phi) is 4.41. The summed E-state index contributed by atoms with van der Waals surface area (Å²) in [5, 5.41) is 4.15. The van der Waals surface area contributed by atoms with Crippen LogP contribution in [0.1, 0.15) is 27.2 Å².